The van der Waals surface area contributed by atoms with Crippen molar-refractivity contribution in [2.24, 2.45) is 0 Å². The van der Waals surface area contributed by atoms with E-state index in [1.54, 1.807) is 0 Å². The van der Waals surface area contributed by atoms with E-state index in [1.807, 2.05) is 0 Å². The van der Waals surface area contributed by atoms with Gasteiger partial charge in [0.2, 0.25) is 0 Å². The Morgan fingerprint density at radius 2 is 0.596 bits per heavy atom. The van der Waals surface area contributed by atoms with E-state index in [2.05, 4.69) is 306 Å². The first kappa shape index (κ1) is 57.8. The van der Waals surface area contributed by atoms with Crippen molar-refractivity contribution < 1.29 is 0 Å². The summed E-state index contributed by atoms with van der Waals surface area (Å²) in [7, 11) is 0. The number of nitrogens with zero attached hydrogens (tertiary/aromatic N) is 4. The second kappa shape index (κ2) is 23.7. The van der Waals surface area contributed by atoms with E-state index in [0.717, 1.165) is 72.6 Å². The number of hydrogen-bond donors (Lipinski definition) is 0. The van der Waals surface area contributed by atoms with Crippen molar-refractivity contribution in [3.05, 3.63) is 308 Å². The van der Waals surface area contributed by atoms with Crippen LogP contribution in [0.15, 0.2) is 297 Å². The number of benzene rings is 13. The monoisotopic (exact) mass is 1270 g/mol. The van der Waals surface area contributed by atoms with Crippen LogP contribution in [-0.2, 0) is 0 Å². The highest BCUT2D eigenvalue weighted by Gasteiger charge is 2.43. The molecule has 0 unspecified atom stereocenters. The molecule has 2 aliphatic carbocycles. The summed E-state index contributed by atoms with van der Waals surface area (Å²) in [4.78, 5) is 11.8. The zero-order valence-corrected chi connectivity index (χ0v) is 55.4. The predicted molar refractivity (Wildman–Crippen MR) is 416 cm³/mol. The average molecular weight is 1270 g/mol. The van der Waals surface area contributed by atoms with Gasteiger partial charge in [-0.25, -0.2) is 9.97 Å². The molecule has 99 heavy (non-hydrogen) atoms. The molecule has 5 heterocycles. The van der Waals surface area contributed by atoms with Crippen LogP contribution in [0.25, 0.3) is 156 Å². The first-order chi connectivity index (χ1) is 49.0. The molecule has 20 rings (SSSR count). The zero-order valence-electron chi connectivity index (χ0n) is 55.4. The Bertz CT molecular complexity index is 5380. The van der Waals surface area contributed by atoms with Crippen molar-refractivity contribution in [3.63, 3.8) is 0 Å². The van der Waals surface area contributed by atoms with Gasteiger partial charge < -0.3 is 9.13 Å². The van der Waals surface area contributed by atoms with Crippen molar-refractivity contribution in [2.45, 2.75) is 76.0 Å². The quantitative estimate of drug-likeness (QED) is 0.121. The molecule has 16 aromatic rings. The Kier molecular flexibility index (Phi) is 13.8. The van der Waals surface area contributed by atoms with Crippen LogP contribution in [0.2, 0.25) is 0 Å². The minimum Gasteiger partial charge on any atom is -0.310 e. The molecule has 0 spiro atoms. The maximum atomic E-state index is 5.97. The molecule has 4 nitrogen and oxygen atoms in total. The van der Waals surface area contributed by atoms with Crippen molar-refractivity contribution in [1.82, 2.24) is 19.1 Å². The van der Waals surface area contributed by atoms with Crippen LogP contribution < -0.4 is 16.4 Å². The highest BCUT2D eigenvalue weighted by atomic mass is 15.0. The van der Waals surface area contributed by atoms with Gasteiger partial charge in [-0.3, -0.25) is 0 Å². The molecule has 5 heteroatoms. The van der Waals surface area contributed by atoms with Crippen LogP contribution in [0.3, 0.4) is 0 Å². The van der Waals surface area contributed by atoms with Crippen LogP contribution in [0, 0.1) is 0 Å². The van der Waals surface area contributed by atoms with Gasteiger partial charge in [0, 0.05) is 60.6 Å². The number of rotatable bonds is 11. The van der Waals surface area contributed by atoms with Gasteiger partial charge in [-0.1, -0.05) is 245 Å². The smallest absolute Gasteiger partial charge is 0.252 e. The Balaban J connectivity index is 0.912. The van der Waals surface area contributed by atoms with Crippen LogP contribution in [0.5, 0.6) is 0 Å². The zero-order chi connectivity index (χ0) is 65.1. The summed E-state index contributed by atoms with van der Waals surface area (Å²) in [6, 6.07) is 112. The van der Waals surface area contributed by atoms with Gasteiger partial charge in [0.05, 0.1) is 22.4 Å². The summed E-state index contributed by atoms with van der Waals surface area (Å²) in [6.07, 6.45) is 12.6. The molecule has 3 aromatic heterocycles. The summed E-state index contributed by atoms with van der Waals surface area (Å²) in [5.41, 5.74) is 33.4. The largest absolute Gasteiger partial charge is 0.310 e. The first-order valence-corrected chi connectivity index (χ1v) is 36.0. The lowest BCUT2D eigenvalue weighted by atomic mass is 9.34. The maximum Gasteiger partial charge on any atom is 0.252 e. The van der Waals surface area contributed by atoms with E-state index in [-0.39, 0.29) is 6.71 Å². The summed E-state index contributed by atoms with van der Waals surface area (Å²) in [5.74, 6) is 1.68. The lowest BCUT2D eigenvalue weighted by Crippen LogP contribution is -2.59. The summed E-state index contributed by atoms with van der Waals surface area (Å²) < 4.78 is 5.39. The summed E-state index contributed by atoms with van der Waals surface area (Å²) >= 11 is 0. The Hall–Kier alpha value is -11.4. The lowest BCUT2D eigenvalue weighted by Gasteiger charge is -2.35. The molecule has 0 atom stereocenters. The van der Waals surface area contributed by atoms with Crippen molar-refractivity contribution >= 4 is 66.7 Å². The van der Waals surface area contributed by atoms with Crippen LogP contribution >= 0.6 is 0 Å². The molecule has 0 bridgehead atoms. The van der Waals surface area contributed by atoms with Crippen LogP contribution in [0.1, 0.15) is 87.2 Å². The third-order valence-electron chi connectivity index (χ3n) is 22.6. The van der Waals surface area contributed by atoms with E-state index in [4.69, 9.17) is 9.97 Å². The van der Waals surface area contributed by atoms with Gasteiger partial charge in [-0.05, 0) is 223 Å². The number of fused-ring (bicyclic) bond motifs is 10. The minimum atomic E-state index is -0.0391. The molecule has 2 fully saturated rings. The van der Waals surface area contributed by atoms with E-state index in [9.17, 15) is 0 Å². The van der Waals surface area contributed by atoms with Gasteiger partial charge in [0.25, 0.3) is 6.71 Å². The number of aromatic nitrogens is 4. The second-order valence-corrected chi connectivity index (χ2v) is 28.4. The van der Waals surface area contributed by atoms with Crippen LogP contribution in [0.4, 0.5) is 0 Å². The standard InChI is InChI=1S/C94H71BN4/c1-9-25-60(26-10-1)68-41-43-87-79(51-68)81-53-74(66-37-21-7-22-38-66)55-83-92(81)98(87)89-57-77(58-90-91(89)95(83)84-56-75(67-39-23-8-24-40-67)54-82-80-52-69(61-27-11-2-12-28-61)42-44-88(80)99(90)93(82)84)86-59-85(76-47-70(62-29-13-3-14-30-62)45-71(48-76)63-31-15-4-16-32-63)96-94(97-86)78-49-72(64-33-17-5-18-34-64)46-73(50-78)65-35-19-6-20-36-65/h1-6,9-20,25-36,41-59,66-67H,7-8,21-24,37-40H2. The number of hydrogen-bond acceptors (Lipinski definition) is 2. The molecule has 0 N–H and O–H groups in total. The molecule has 2 saturated carbocycles. The van der Waals surface area contributed by atoms with Crippen molar-refractivity contribution in [3.8, 4) is 112 Å². The third kappa shape index (κ3) is 9.87. The van der Waals surface area contributed by atoms with E-state index in [0.29, 0.717) is 17.7 Å². The molecule has 0 amide bonds. The average Bonchev–Trinajstić information content (AvgIpc) is 1.55. The molecule has 4 aliphatic rings. The fraction of sp³-hybridized carbons (Fsp3) is 0.128. The lowest BCUT2D eigenvalue weighted by molar-refractivity contribution is 0.444. The van der Waals surface area contributed by atoms with Gasteiger partial charge in [0.1, 0.15) is 0 Å². The highest BCUT2D eigenvalue weighted by Crippen LogP contribution is 2.47. The SMILES string of the molecule is c1ccc(-c2cc(-c3ccccc3)cc(-c3cc(-c4cc5c6c(c4)-n4c7ccc(-c8ccccc8)cc7c7cc(C8CCCCC8)cc(c74)B6c4cc(C6CCCCC6)cc6c7cc(-c8ccccc8)ccc7n-5c46)nc(-c4cc(-c5ccccc5)cc(-c5ccccc5)c4)n3)c2)cc1. The first-order valence-electron chi connectivity index (χ1n) is 36.0. The minimum absolute atomic E-state index is 0.0391. The summed E-state index contributed by atoms with van der Waals surface area (Å²) in [6.45, 7) is -0.0391. The maximum absolute atomic E-state index is 5.97. The van der Waals surface area contributed by atoms with Crippen LogP contribution in [-0.4, -0.2) is 25.8 Å². The third-order valence-corrected chi connectivity index (χ3v) is 22.6. The Labute approximate surface area is 578 Å². The molecule has 470 valence electrons. The Morgan fingerprint density at radius 1 is 0.263 bits per heavy atom. The predicted octanol–water partition coefficient (Wildman–Crippen LogP) is 22.9. The van der Waals surface area contributed by atoms with E-state index < -0.39 is 0 Å². The van der Waals surface area contributed by atoms with Gasteiger partial charge in [-0.2, -0.15) is 0 Å². The van der Waals surface area contributed by atoms with E-state index >= 15 is 0 Å². The topological polar surface area (TPSA) is 35.6 Å². The van der Waals surface area contributed by atoms with E-state index in [1.165, 1.54) is 169 Å². The Morgan fingerprint density at radius 3 is 0.970 bits per heavy atom. The fourth-order valence-electron chi connectivity index (χ4n) is 17.8. The normalized spacial score (nSPS) is 14.4. The molecule has 0 saturated heterocycles. The van der Waals surface area contributed by atoms with Gasteiger partial charge >= 0.3 is 0 Å². The molecule has 13 aromatic carbocycles. The molecular weight excluding hydrogens is 1200 g/mol. The van der Waals surface area contributed by atoms with Crippen molar-refractivity contribution in [2.75, 3.05) is 0 Å². The molecule has 2 aliphatic heterocycles. The second-order valence-electron chi connectivity index (χ2n) is 28.4. The molecular formula is C94H71BN4. The highest BCUT2D eigenvalue weighted by molar-refractivity contribution is 7.00. The molecule has 0 radical (unpaired) electrons. The summed E-state index contributed by atoms with van der Waals surface area (Å²) in [5, 5.41) is 5.30. The van der Waals surface area contributed by atoms with Gasteiger partial charge in [0.15, 0.2) is 5.82 Å². The van der Waals surface area contributed by atoms with Crippen molar-refractivity contribution in [1.29, 1.82) is 0 Å². The fourth-order valence-corrected chi connectivity index (χ4v) is 17.8. The van der Waals surface area contributed by atoms with Gasteiger partial charge in [-0.15, -0.1) is 0 Å².